The van der Waals surface area contributed by atoms with E-state index >= 15 is 0 Å². The molecule has 0 radical (unpaired) electrons. The monoisotopic (exact) mass is 429 g/mol. The molecule has 32 heavy (non-hydrogen) atoms. The third-order valence-corrected chi connectivity index (χ3v) is 4.89. The molecule has 2 heterocycles. The van der Waals surface area contributed by atoms with Crippen molar-refractivity contribution in [2.75, 3.05) is 5.32 Å². The highest BCUT2D eigenvalue weighted by atomic mass is 16.5. The number of anilines is 1. The quantitative estimate of drug-likeness (QED) is 0.480. The summed E-state index contributed by atoms with van der Waals surface area (Å²) in [5.41, 5.74) is 2.32. The number of aromatic nitrogens is 2. The highest BCUT2D eigenvalue weighted by molar-refractivity contribution is 5.95. The van der Waals surface area contributed by atoms with Gasteiger partial charge in [-0.15, -0.1) is 0 Å². The molecule has 1 atom stereocenters. The van der Waals surface area contributed by atoms with Crippen molar-refractivity contribution in [2.45, 2.75) is 26.6 Å². The Bertz CT molecular complexity index is 1300. The van der Waals surface area contributed by atoms with Gasteiger partial charge in [0.2, 0.25) is 0 Å². The molecule has 7 heteroatoms. The third-order valence-electron chi connectivity index (χ3n) is 4.89. The van der Waals surface area contributed by atoms with Gasteiger partial charge < -0.3 is 14.8 Å². The molecule has 1 amide bonds. The summed E-state index contributed by atoms with van der Waals surface area (Å²) in [7, 11) is 0. The van der Waals surface area contributed by atoms with Crippen LogP contribution in [0.15, 0.2) is 83.8 Å². The summed E-state index contributed by atoms with van der Waals surface area (Å²) in [5, 5.41) is 2.84. The first-order valence-corrected chi connectivity index (χ1v) is 10.2. The first-order chi connectivity index (χ1) is 15.5. The summed E-state index contributed by atoms with van der Waals surface area (Å²) >= 11 is 0. The number of carbonyl (C=O) groups is 1. The molecule has 0 fully saturated rings. The first kappa shape index (κ1) is 21.1. The maximum atomic E-state index is 12.6. The molecule has 2 aromatic heterocycles. The van der Waals surface area contributed by atoms with Crippen molar-refractivity contribution in [1.82, 2.24) is 9.38 Å². The molecule has 2 aromatic carbocycles. The minimum Gasteiger partial charge on any atom is -0.485 e. The Balaban J connectivity index is 1.47. The van der Waals surface area contributed by atoms with Gasteiger partial charge in [-0.2, -0.15) is 0 Å². The lowest BCUT2D eigenvalue weighted by Crippen LogP contribution is -2.30. The van der Waals surface area contributed by atoms with Gasteiger partial charge in [-0.25, -0.2) is 4.98 Å². The molecule has 1 N–H and O–H groups in total. The molecule has 0 saturated heterocycles. The van der Waals surface area contributed by atoms with E-state index in [1.165, 1.54) is 10.5 Å². The number of amides is 1. The highest BCUT2D eigenvalue weighted by Crippen LogP contribution is 2.25. The summed E-state index contributed by atoms with van der Waals surface area (Å²) in [6, 6.07) is 21.4. The van der Waals surface area contributed by atoms with Gasteiger partial charge in [0, 0.05) is 12.3 Å². The van der Waals surface area contributed by atoms with Gasteiger partial charge in [0.15, 0.2) is 6.10 Å². The van der Waals surface area contributed by atoms with Crippen LogP contribution in [0.1, 0.15) is 18.2 Å². The second-order valence-corrected chi connectivity index (χ2v) is 7.32. The number of para-hydroxylation sites is 3. The number of nitrogens with one attached hydrogen (secondary N) is 1. The highest BCUT2D eigenvalue weighted by Gasteiger charge is 2.17. The Hall–Kier alpha value is -4.13. The molecule has 0 bridgehead atoms. The lowest BCUT2D eigenvalue weighted by molar-refractivity contribution is -0.122. The van der Waals surface area contributed by atoms with Crippen LogP contribution in [0.5, 0.6) is 11.5 Å². The van der Waals surface area contributed by atoms with E-state index in [1.807, 2.05) is 43.3 Å². The normalized spacial score (nSPS) is 11.7. The van der Waals surface area contributed by atoms with Crippen molar-refractivity contribution in [2.24, 2.45) is 0 Å². The van der Waals surface area contributed by atoms with E-state index in [4.69, 9.17) is 9.47 Å². The molecular weight excluding hydrogens is 406 g/mol. The third kappa shape index (κ3) is 4.78. The van der Waals surface area contributed by atoms with E-state index in [0.717, 1.165) is 5.56 Å². The van der Waals surface area contributed by atoms with Crippen LogP contribution in [-0.2, 0) is 11.4 Å². The van der Waals surface area contributed by atoms with E-state index in [2.05, 4.69) is 10.3 Å². The maximum Gasteiger partial charge on any atom is 0.265 e. The van der Waals surface area contributed by atoms with E-state index in [0.29, 0.717) is 28.5 Å². The van der Waals surface area contributed by atoms with E-state index in [9.17, 15) is 9.59 Å². The molecule has 4 rings (SSSR count). The number of fused-ring (bicyclic) bond motifs is 1. The molecule has 0 spiro atoms. The average molecular weight is 429 g/mol. The Kier molecular flexibility index (Phi) is 6.17. The van der Waals surface area contributed by atoms with Gasteiger partial charge in [-0.3, -0.25) is 14.0 Å². The number of hydrogen-bond acceptors (Lipinski definition) is 5. The fourth-order valence-corrected chi connectivity index (χ4v) is 3.22. The van der Waals surface area contributed by atoms with Crippen LogP contribution in [0.25, 0.3) is 5.65 Å². The van der Waals surface area contributed by atoms with E-state index < -0.39 is 6.10 Å². The number of carbonyl (C=O) groups excluding carboxylic acids is 1. The Morgan fingerprint density at radius 2 is 1.81 bits per heavy atom. The van der Waals surface area contributed by atoms with Gasteiger partial charge in [0.25, 0.3) is 11.5 Å². The zero-order chi connectivity index (χ0) is 22.5. The van der Waals surface area contributed by atoms with Crippen molar-refractivity contribution in [3.05, 3.63) is 101 Å². The largest absolute Gasteiger partial charge is 0.485 e. The second-order valence-electron chi connectivity index (χ2n) is 7.32. The van der Waals surface area contributed by atoms with Gasteiger partial charge in [0.1, 0.15) is 23.8 Å². The molecule has 0 saturated carbocycles. The van der Waals surface area contributed by atoms with Crippen LogP contribution in [0.3, 0.4) is 0 Å². The van der Waals surface area contributed by atoms with Crippen LogP contribution >= 0.6 is 0 Å². The zero-order valence-corrected chi connectivity index (χ0v) is 17.8. The molecule has 0 unspecified atom stereocenters. The summed E-state index contributed by atoms with van der Waals surface area (Å²) in [6.07, 6.45) is 0.988. The van der Waals surface area contributed by atoms with E-state index in [1.54, 1.807) is 43.5 Å². The van der Waals surface area contributed by atoms with Gasteiger partial charge >= 0.3 is 0 Å². The van der Waals surface area contributed by atoms with Gasteiger partial charge in [-0.1, -0.05) is 36.4 Å². The lowest BCUT2D eigenvalue weighted by atomic mass is 10.2. The zero-order valence-electron chi connectivity index (χ0n) is 17.8. The van der Waals surface area contributed by atoms with Crippen molar-refractivity contribution < 1.29 is 14.3 Å². The topological polar surface area (TPSA) is 81.9 Å². The fourth-order valence-electron chi connectivity index (χ4n) is 3.22. The number of ether oxygens (including phenoxy) is 2. The summed E-state index contributed by atoms with van der Waals surface area (Å²) in [4.78, 5) is 29.6. The molecule has 4 aromatic rings. The number of hydrogen-bond donors (Lipinski definition) is 1. The average Bonchev–Trinajstić information content (AvgIpc) is 2.80. The second kappa shape index (κ2) is 9.34. The standard InChI is InChI=1S/C25H23N3O4/c1-17-9-8-14-28-23(29)15-19(26-24(17)28)16-31-22-13-7-6-12-21(22)27-25(30)18(2)32-20-10-4-3-5-11-20/h3-15,18H,16H2,1-2H3,(H,27,30)/t18-/m0/s1. The predicted octanol–water partition coefficient (Wildman–Crippen LogP) is 3.99. The van der Waals surface area contributed by atoms with Crippen LogP contribution in [0.2, 0.25) is 0 Å². The molecule has 162 valence electrons. The maximum absolute atomic E-state index is 12.6. The Morgan fingerprint density at radius 1 is 1.06 bits per heavy atom. The SMILES string of the molecule is Cc1cccn2c(=O)cc(COc3ccccc3NC(=O)[C@H](C)Oc3ccccc3)nc12. The van der Waals surface area contributed by atoms with Crippen molar-refractivity contribution in [1.29, 1.82) is 0 Å². The van der Waals surface area contributed by atoms with Crippen molar-refractivity contribution >= 4 is 17.2 Å². The van der Waals surface area contributed by atoms with Crippen LogP contribution in [-0.4, -0.2) is 21.4 Å². The van der Waals surface area contributed by atoms with Gasteiger partial charge in [0.05, 0.1) is 11.4 Å². The number of benzene rings is 2. The smallest absolute Gasteiger partial charge is 0.265 e. The lowest BCUT2D eigenvalue weighted by Gasteiger charge is -2.17. The summed E-state index contributed by atoms with van der Waals surface area (Å²) < 4.78 is 13.1. The van der Waals surface area contributed by atoms with Crippen molar-refractivity contribution in [3.63, 3.8) is 0 Å². The summed E-state index contributed by atoms with van der Waals surface area (Å²) in [5.74, 6) is 0.783. The van der Waals surface area contributed by atoms with Crippen LogP contribution < -0.4 is 20.3 Å². The number of aryl methyl sites for hydroxylation is 1. The van der Waals surface area contributed by atoms with Crippen LogP contribution in [0, 0.1) is 6.92 Å². The molecule has 0 aliphatic heterocycles. The van der Waals surface area contributed by atoms with Gasteiger partial charge in [-0.05, 0) is 49.7 Å². The Labute approximate surface area is 185 Å². The number of nitrogens with zero attached hydrogens (tertiary/aromatic N) is 2. The fraction of sp³-hybridized carbons (Fsp3) is 0.160. The van der Waals surface area contributed by atoms with Crippen molar-refractivity contribution in [3.8, 4) is 11.5 Å². The number of rotatable bonds is 7. The van der Waals surface area contributed by atoms with E-state index in [-0.39, 0.29) is 18.1 Å². The summed E-state index contributed by atoms with van der Waals surface area (Å²) in [6.45, 7) is 3.67. The molecule has 0 aliphatic rings. The minimum atomic E-state index is -0.698. The Morgan fingerprint density at radius 3 is 2.62 bits per heavy atom. The first-order valence-electron chi connectivity index (χ1n) is 10.2. The predicted molar refractivity (Wildman–Crippen MR) is 122 cm³/mol. The minimum absolute atomic E-state index is 0.0863. The van der Waals surface area contributed by atoms with Crippen LogP contribution in [0.4, 0.5) is 5.69 Å². The molecule has 0 aliphatic carbocycles. The number of pyridine rings is 1. The molecule has 7 nitrogen and oxygen atoms in total. The molecular formula is C25H23N3O4.